The van der Waals surface area contributed by atoms with Crippen molar-refractivity contribution in [3.05, 3.63) is 24.3 Å². The number of fused-ring (bicyclic) bond motifs is 1. The Balaban J connectivity index is 1.12. The number of unbranched alkanes of at least 4 members (excludes halogenated alkanes) is 1. The molecule has 0 bridgehead atoms. The van der Waals surface area contributed by atoms with Gasteiger partial charge >= 0.3 is 0 Å². The van der Waals surface area contributed by atoms with Crippen molar-refractivity contribution < 1.29 is 0 Å². The van der Waals surface area contributed by atoms with E-state index in [4.69, 9.17) is 0 Å². The SMILES string of the molecule is c1ccc2c(c1)SCN2CCCCN1CCN(C2CCCCC2)CC1. The average Bonchev–Trinajstić information content (AvgIpc) is 3.10. The highest BCUT2D eigenvalue weighted by Gasteiger charge is 2.25. The van der Waals surface area contributed by atoms with Crippen LogP contribution in [0.15, 0.2) is 29.2 Å². The average molecular weight is 360 g/mol. The molecular formula is C21H33N3S. The molecule has 0 amide bonds. The Bertz CT molecular complexity index is 536. The zero-order chi connectivity index (χ0) is 16.9. The van der Waals surface area contributed by atoms with E-state index in [1.165, 1.54) is 94.8 Å². The Morgan fingerprint density at radius 1 is 0.880 bits per heavy atom. The van der Waals surface area contributed by atoms with Crippen LogP contribution in [0.5, 0.6) is 0 Å². The summed E-state index contributed by atoms with van der Waals surface area (Å²) >= 11 is 1.99. The lowest BCUT2D eigenvalue weighted by Gasteiger charge is -2.40. The maximum Gasteiger partial charge on any atom is 0.0686 e. The summed E-state index contributed by atoms with van der Waals surface area (Å²) in [6.45, 7) is 7.70. The molecule has 3 aliphatic rings. The van der Waals surface area contributed by atoms with Crippen molar-refractivity contribution in [3.63, 3.8) is 0 Å². The monoisotopic (exact) mass is 359 g/mol. The van der Waals surface area contributed by atoms with Crippen LogP contribution in [-0.2, 0) is 0 Å². The van der Waals surface area contributed by atoms with Crippen LogP contribution in [0.3, 0.4) is 0 Å². The minimum atomic E-state index is 0.906. The fraction of sp³-hybridized carbons (Fsp3) is 0.714. The number of para-hydroxylation sites is 1. The van der Waals surface area contributed by atoms with Gasteiger partial charge in [0.1, 0.15) is 0 Å². The van der Waals surface area contributed by atoms with Crippen molar-refractivity contribution in [2.75, 3.05) is 50.0 Å². The topological polar surface area (TPSA) is 9.72 Å². The van der Waals surface area contributed by atoms with Gasteiger partial charge < -0.3 is 9.80 Å². The van der Waals surface area contributed by atoms with Gasteiger partial charge in [0.15, 0.2) is 0 Å². The lowest BCUT2D eigenvalue weighted by Crippen LogP contribution is -2.50. The maximum atomic E-state index is 2.79. The molecular weight excluding hydrogens is 326 g/mol. The lowest BCUT2D eigenvalue weighted by molar-refractivity contribution is 0.0783. The summed E-state index contributed by atoms with van der Waals surface area (Å²) in [6, 6.07) is 9.76. The Morgan fingerprint density at radius 3 is 2.48 bits per heavy atom. The lowest BCUT2D eigenvalue weighted by atomic mass is 9.94. The van der Waals surface area contributed by atoms with E-state index in [0.29, 0.717) is 0 Å². The summed E-state index contributed by atoms with van der Waals surface area (Å²) in [4.78, 5) is 9.50. The largest absolute Gasteiger partial charge is 0.361 e. The second kappa shape index (κ2) is 8.79. The number of piperazine rings is 1. The van der Waals surface area contributed by atoms with Gasteiger partial charge in [0.2, 0.25) is 0 Å². The number of hydrogen-bond donors (Lipinski definition) is 0. The molecule has 2 aliphatic heterocycles. The van der Waals surface area contributed by atoms with Crippen LogP contribution in [-0.4, -0.2) is 61.0 Å². The second-order valence-electron chi connectivity index (χ2n) is 7.88. The van der Waals surface area contributed by atoms with Crippen molar-refractivity contribution in [1.29, 1.82) is 0 Å². The summed E-state index contributed by atoms with van der Waals surface area (Å²) in [5.74, 6) is 1.14. The first-order valence-electron chi connectivity index (χ1n) is 10.3. The minimum absolute atomic E-state index is 0.906. The minimum Gasteiger partial charge on any atom is -0.361 e. The molecule has 0 unspecified atom stereocenters. The molecule has 0 atom stereocenters. The van der Waals surface area contributed by atoms with E-state index in [0.717, 1.165) is 11.9 Å². The predicted octanol–water partition coefficient (Wildman–Crippen LogP) is 4.29. The highest BCUT2D eigenvalue weighted by molar-refractivity contribution is 7.99. The van der Waals surface area contributed by atoms with Gasteiger partial charge in [0.25, 0.3) is 0 Å². The summed E-state index contributed by atoms with van der Waals surface area (Å²) < 4.78 is 0. The first-order chi connectivity index (χ1) is 12.4. The van der Waals surface area contributed by atoms with Gasteiger partial charge in [-0.25, -0.2) is 0 Å². The van der Waals surface area contributed by atoms with Crippen molar-refractivity contribution in [3.8, 4) is 0 Å². The molecule has 2 fully saturated rings. The molecule has 4 heteroatoms. The van der Waals surface area contributed by atoms with Crippen molar-refractivity contribution in [1.82, 2.24) is 9.80 Å². The highest BCUT2D eigenvalue weighted by Crippen LogP contribution is 2.37. The van der Waals surface area contributed by atoms with Crippen LogP contribution < -0.4 is 4.90 Å². The molecule has 0 N–H and O–H groups in total. The van der Waals surface area contributed by atoms with Crippen LogP contribution in [0.2, 0.25) is 0 Å². The number of benzene rings is 1. The summed E-state index contributed by atoms with van der Waals surface area (Å²) in [5, 5.41) is 0. The predicted molar refractivity (Wildman–Crippen MR) is 109 cm³/mol. The first kappa shape index (κ1) is 17.7. The Hall–Kier alpha value is -0.710. The van der Waals surface area contributed by atoms with Crippen LogP contribution in [0.25, 0.3) is 0 Å². The van der Waals surface area contributed by atoms with E-state index >= 15 is 0 Å². The van der Waals surface area contributed by atoms with Crippen LogP contribution >= 0.6 is 11.8 Å². The van der Waals surface area contributed by atoms with Crippen molar-refractivity contribution in [2.45, 2.75) is 55.9 Å². The van der Waals surface area contributed by atoms with Gasteiger partial charge in [-0.05, 0) is 44.4 Å². The third-order valence-electron chi connectivity index (χ3n) is 6.23. The summed E-state index contributed by atoms with van der Waals surface area (Å²) in [5.41, 5.74) is 1.45. The molecule has 138 valence electrons. The van der Waals surface area contributed by atoms with Gasteiger partial charge in [0, 0.05) is 43.7 Å². The second-order valence-corrected chi connectivity index (χ2v) is 8.87. The fourth-order valence-electron chi connectivity index (χ4n) is 4.68. The number of thioether (sulfide) groups is 1. The quantitative estimate of drug-likeness (QED) is 0.701. The Labute approximate surface area is 157 Å². The van der Waals surface area contributed by atoms with E-state index in [1.54, 1.807) is 0 Å². The molecule has 0 radical (unpaired) electrons. The van der Waals surface area contributed by atoms with Crippen LogP contribution in [0.4, 0.5) is 5.69 Å². The van der Waals surface area contributed by atoms with E-state index in [2.05, 4.69) is 39.0 Å². The molecule has 1 aliphatic carbocycles. The van der Waals surface area contributed by atoms with Crippen LogP contribution in [0, 0.1) is 0 Å². The molecule has 1 aromatic rings. The molecule has 0 spiro atoms. The molecule has 2 heterocycles. The van der Waals surface area contributed by atoms with E-state index in [1.807, 2.05) is 11.8 Å². The van der Waals surface area contributed by atoms with E-state index in [-0.39, 0.29) is 0 Å². The standard InChI is InChI=1S/C21H33N3S/c1-2-8-19(9-3-1)23-16-14-22(15-17-23)12-6-7-13-24-18-25-21-11-5-4-10-20(21)24/h4-5,10-11,19H,1-3,6-9,12-18H2. The number of nitrogens with zero attached hydrogens (tertiary/aromatic N) is 3. The zero-order valence-electron chi connectivity index (χ0n) is 15.5. The van der Waals surface area contributed by atoms with Crippen molar-refractivity contribution >= 4 is 17.4 Å². The van der Waals surface area contributed by atoms with Gasteiger partial charge in [-0.2, -0.15) is 0 Å². The third-order valence-corrected chi connectivity index (χ3v) is 7.33. The number of rotatable bonds is 6. The fourth-order valence-corrected chi connectivity index (χ4v) is 5.76. The smallest absolute Gasteiger partial charge is 0.0686 e. The molecule has 0 aromatic heterocycles. The van der Waals surface area contributed by atoms with Crippen molar-refractivity contribution in [2.24, 2.45) is 0 Å². The highest BCUT2D eigenvalue weighted by atomic mass is 32.2. The van der Waals surface area contributed by atoms with Gasteiger partial charge in [0.05, 0.1) is 11.6 Å². The van der Waals surface area contributed by atoms with E-state index < -0.39 is 0 Å². The number of hydrogen-bond acceptors (Lipinski definition) is 4. The van der Waals surface area contributed by atoms with Gasteiger partial charge in [-0.1, -0.05) is 31.4 Å². The maximum absolute atomic E-state index is 2.79. The third kappa shape index (κ3) is 4.53. The molecule has 25 heavy (non-hydrogen) atoms. The van der Waals surface area contributed by atoms with Crippen LogP contribution in [0.1, 0.15) is 44.9 Å². The first-order valence-corrected chi connectivity index (χ1v) is 11.3. The molecule has 3 nitrogen and oxygen atoms in total. The van der Waals surface area contributed by atoms with Gasteiger partial charge in [-0.3, -0.25) is 4.90 Å². The molecule has 4 rings (SSSR count). The summed E-state index contributed by atoms with van der Waals surface area (Å²) in [6.07, 6.45) is 9.96. The van der Waals surface area contributed by atoms with Gasteiger partial charge in [-0.15, -0.1) is 11.8 Å². The zero-order valence-corrected chi connectivity index (χ0v) is 16.4. The number of anilines is 1. The normalized spacial score (nSPS) is 23.1. The van der Waals surface area contributed by atoms with E-state index in [9.17, 15) is 0 Å². The summed E-state index contributed by atoms with van der Waals surface area (Å²) in [7, 11) is 0. The Morgan fingerprint density at radius 2 is 1.64 bits per heavy atom. The molecule has 1 saturated carbocycles. The molecule has 1 aromatic carbocycles. The Kier molecular flexibility index (Phi) is 6.22. The molecule has 1 saturated heterocycles.